The molecule has 1 saturated heterocycles. The van der Waals surface area contributed by atoms with Gasteiger partial charge in [-0.05, 0) is 82.3 Å². The van der Waals surface area contributed by atoms with Gasteiger partial charge in [0.2, 0.25) is 0 Å². The standard InChI is InChI=1S/C21H32FN3O2/c1-16-8-12-25(13-9-16)11-3-2-10-23-21(26)24-19-5-4-14-27-20-7-6-17(22)15-18(19)20/h6-7,15-16,19H,2-5,8-14H2,1H3,(H2,23,24,26)/t19-/m1/s1. The highest BCUT2D eigenvalue weighted by molar-refractivity contribution is 5.74. The zero-order chi connectivity index (χ0) is 19.1. The number of fused-ring (bicyclic) bond motifs is 1. The number of amides is 2. The summed E-state index contributed by atoms with van der Waals surface area (Å²) in [5, 5.41) is 5.92. The molecule has 2 N–H and O–H groups in total. The highest BCUT2D eigenvalue weighted by Gasteiger charge is 2.22. The molecule has 2 amide bonds. The summed E-state index contributed by atoms with van der Waals surface area (Å²) in [6, 6.07) is 4.09. The second-order valence-corrected chi connectivity index (χ2v) is 7.86. The van der Waals surface area contributed by atoms with Crippen molar-refractivity contribution in [3.63, 3.8) is 0 Å². The number of unbranched alkanes of at least 4 members (excludes halogenated alkanes) is 1. The maximum atomic E-state index is 13.6. The van der Waals surface area contributed by atoms with Gasteiger partial charge in [0.05, 0.1) is 12.6 Å². The number of nitrogens with one attached hydrogen (secondary N) is 2. The number of benzene rings is 1. The first-order valence-corrected chi connectivity index (χ1v) is 10.3. The molecule has 5 nitrogen and oxygen atoms in total. The van der Waals surface area contributed by atoms with Crippen molar-refractivity contribution in [1.82, 2.24) is 15.5 Å². The Kier molecular flexibility index (Phi) is 7.33. The lowest BCUT2D eigenvalue weighted by molar-refractivity contribution is 0.189. The minimum Gasteiger partial charge on any atom is -0.493 e. The number of likely N-dealkylation sites (tertiary alicyclic amines) is 1. The molecular weight excluding hydrogens is 345 g/mol. The second-order valence-electron chi connectivity index (χ2n) is 7.86. The van der Waals surface area contributed by atoms with Crippen molar-refractivity contribution in [2.24, 2.45) is 5.92 Å². The zero-order valence-corrected chi connectivity index (χ0v) is 16.3. The average molecular weight is 378 g/mol. The van der Waals surface area contributed by atoms with Gasteiger partial charge in [-0.3, -0.25) is 0 Å². The van der Waals surface area contributed by atoms with E-state index in [9.17, 15) is 9.18 Å². The number of hydrogen-bond donors (Lipinski definition) is 2. The average Bonchev–Trinajstić information content (AvgIpc) is 2.85. The van der Waals surface area contributed by atoms with Gasteiger partial charge >= 0.3 is 6.03 Å². The first kappa shape index (κ1) is 19.9. The minimum absolute atomic E-state index is 0.191. The third-order valence-corrected chi connectivity index (χ3v) is 5.61. The Morgan fingerprint density at radius 3 is 2.89 bits per heavy atom. The molecule has 0 spiro atoms. The van der Waals surface area contributed by atoms with Gasteiger partial charge in [-0.25, -0.2) is 9.18 Å². The molecule has 6 heteroatoms. The Morgan fingerprint density at radius 2 is 2.07 bits per heavy atom. The Bertz CT molecular complexity index is 617. The molecule has 1 aromatic carbocycles. The lowest BCUT2D eigenvalue weighted by Gasteiger charge is -2.30. The van der Waals surface area contributed by atoms with Gasteiger partial charge in [-0.15, -0.1) is 0 Å². The van der Waals surface area contributed by atoms with Gasteiger partial charge in [-0.2, -0.15) is 0 Å². The first-order chi connectivity index (χ1) is 13.1. The summed E-state index contributed by atoms with van der Waals surface area (Å²) in [5.74, 6) is 1.22. The molecule has 1 fully saturated rings. The number of nitrogens with zero attached hydrogens (tertiary/aromatic N) is 1. The maximum Gasteiger partial charge on any atom is 0.315 e. The summed E-state index contributed by atoms with van der Waals surface area (Å²) in [6.07, 6.45) is 6.24. The van der Waals surface area contributed by atoms with Gasteiger partial charge in [0, 0.05) is 12.1 Å². The van der Waals surface area contributed by atoms with E-state index >= 15 is 0 Å². The van der Waals surface area contributed by atoms with E-state index in [2.05, 4.69) is 22.5 Å². The summed E-state index contributed by atoms with van der Waals surface area (Å²) < 4.78 is 19.3. The van der Waals surface area contributed by atoms with Crippen LogP contribution < -0.4 is 15.4 Å². The normalized spacial score (nSPS) is 21.0. The quantitative estimate of drug-likeness (QED) is 0.741. The van der Waals surface area contributed by atoms with Crippen LogP contribution in [0.25, 0.3) is 0 Å². The molecule has 0 unspecified atom stereocenters. The van der Waals surface area contributed by atoms with E-state index in [1.165, 1.54) is 38.1 Å². The Morgan fingerprint density at radius 1 is 1.26 bits per heavy atom. The first-order valence-electron chi connectivity index (χ1n) is 10.3. The third kappa shape index (κ3) is 6.09. The molecule has 3 rings (SSSR count). The molecular formula is C21H32FN3O2. The van der Waals surface area contributed by atoms with Crippen molar-refractivity contribution < 1.29 is 13.9 Å². The van der Waals surface area contributed by atoms with Gasteiger partial charge in [0.25, 0.3) is 0 Å². The van der Waals surface area contributed by atoms with E-state index in [1.807, 2.05) is 0 Å². The SMILES string of the molecule is CC1CCN(CCCCNC(=O)N[C@@H]2CCCOc3ccc(F)cc32)CC1. The van der Waals surface area contributed by atoms with Gasteiger partial charge < -0.3 is 20.3 Å². The molecule has 27 heavy (non-hydrogen) atoms. The topological polar surface area (TPSA) is 53.6 Å². The minimum atomic E-state index is -0.307. The van der Waals surface area contributed by atoms with Crippen LogP contribution in [0.5, 0.6) is 5.75 Å². The van der Waals surface area contributed by atoms with E-state index in [0.29, 0.717) is 18.9 Å². The fourth-order valence-corrected chi connectivity index (χ4v) is 3.86. The molecule has 150 valence electrons. The molecule has 0 radical (unpaired) electrons. The van der Waals surface area contributed by atoms with Crippen LogP contribution in [0.3, 0.4) is 0 Å². The van der Waals surface area contributed by atoms with Crippen molar-refractivity contribution in [3.8, 4) is 5.75 Å². The highest BCUT2D eigenvalue weighted by Crippen LogP contribution is 2.31. The molecule has 2 aliphatic heterocycles. The van der Waals surface area contributed by atoms with Gasteiger partial charge in [-0.1, -0.05) is 6.92 Å². The summed E-state index contributed by atoms with van der Waals surface area (Å²) in [5.41, 5.74) is 0.724. The number of carbonyl (C=O) groups excluding carboxylic acids is 1. The van der Waals surface area contributed by atoms with E-state index in [0.717, 1.165) is 43.7 Å². The predicted octanol–water partition coefficient (Wildman–Crippen LogP) is 3.85. The van der Waals surface area contributed by atoms with Crippen LogP contribution in [0.1, 0.15) is 57.1 Å². The van der Waals surface area contributed by atoms with Crippen molar-refractivity contribution in [1.29, 1.82) is 0 Å². The lowest BCUT2D eigenvalue weighted by Crippen LogP contribution is -2.38. The Labute approximate surface area is 161 Å². The summed E-state index contributed by atoms with van der Waals surface area (Å²) >= 11 is 0. The summed E-state index contributed by atoms with van der Waals surface area (Å²) in [6.45, 7) is 7.10. The Hall–Kier alpha value is -1.82. The van der Waals surface area contributed by atoms with E-state index in [4.69, 9.17) is 4.74 Å². The Balaban J connectivity index is 1.37. The van der Waals surface area contributed by atoms with Gasteiger partial charge in [0.15, 0.2) is 0 Å². The van der Waals surface area contributed by atoms with E-state index in [1.54, 1.807) is 6.07 Å². The number of urea groups is 1. The summed E-state index contributed by atoms with van der Waals surface area (Å²) in [7, 11) is 0. The van der Waals surface area contributed by atoms with Crippen LogP contribution in [-0.4, -0.2) is 43.7 Å². The molecule has 0 aromatic heterocycles. The fraction of sp³-hybridized carbons (Fsp3) is 0.667. The number of rotatable bonds is 6. The van der Waals surface area contributed by atoms with Crippen molar-refractivity contribution in [2.45, 2.75) is 51.5 Å². The van der Waals surface area contributed by atoms with Crippen LogP contribution in [0, 0.1) is 11.7 Å². The molecule has 0 aliphatic carbocycles. The molecule has 1 atom stereocenters. The molecule has 0 bridgehead atoms. The molecule has 2 aliphatic rings. The van der Waals surface area contributed by atoms with Crippen LogP contribution >= 0.6 is 0 Å². The maximum absolute atomic E-state index is 13.6. The summed E-state index contributed by atoms with van der Waals surface area (Å²) in [4.78, 5) is 14.8. The van der Waals surface area contributed by atoms with Crippen molar-refractivity contribution >= 4 is 6.03 Å². The third-order valence-electron chi connectivity index (χ3n) is 5.61. The monoisotopic (exact) mass is 377 g/mol. The number of halogens is 1. The van der Waals surface area contributed by atoms with Crippen molar-refractivity contribution in [3.05, 3.63) is 29.6 Å². The van der Waals surface area contributed by atoms with Gasteiger partial charge in [0.1, 0.15) is 11.6 Å². The highest BCUT2D eigenvalue weighted by atomic mass is 19.1. The van der Waals surface area contributed by atoms with Crippen LogP contribution in [0.4, 0.5) is 9.18 Å². The fourth-order valence-electron chi connectivity index (χ4n) is 3.86. The molecule has 0 saturated carbocycles. The van der Waals surface area contributed by atoms with Crippen LogP contribution in [0.2, 0.25) is 0 Å². The van der Waals surface area contributed by atoms with E-state index < -0.39 is 0 Å². The number of carbonyl (C=O) groups is 1. The van der Waals surface area contributed by atoms with Crippen LogP contribution in [-0.2, 0) is 0 Å². The zero-order valence-electron chi connectivity index (χ0n) is 16.3. The predicted molar refractivity (Wildman–Crippen MR) is 104 cm³/mol. The second kappa shape index (κ2) is 9.93. The largest absolute Gasteiger partial charge is 0.493 e. The number of hydrogen-bond acceptors (Lipinski definition) is 3. The van der Waals surface area contributed by atoms with Crippen LogP contribution in [0.15, 0.2) is 18.2 Å². The molecule has 1 aromatic rings. The van der Waals surface area contributed by atoms with E-state index in [-0.39, 0.29) is 17.9 Å². The number of piperidine rings is 1. The smallest absolute Gasteiger partial charge is 0.315 e. The van der Waals surface area contributed by atoms with Crippen molar-refractivity contribution in [2.75, 3.05) is 32.8 Å². The lowest BCUT2D eigenvalue weighted by atomic mass is 9.99. The number of ether oxygens (including phenoxy) is 1. The molecule has 2 heterocycles.